The number of hydrogen-bond acceptors (Lipinski definition) is 4. The fourth-order valence-corrected chi connectivity index (χ4v) is 1.34. The van der Waals surface area contributed by atoms with E-state index in [9.17, 15) is 4.79 Å². The zero-order chi connectivity index (χ0) is 12.8. The van der Waals surface area contributed by atoms with E-state index in [0.29, 0.717) is 5.56 Å². The molecule has 1 rings (SSSR count). The van der Waals surface area contributed by atoms with Gasteiger partial charge in [-0.1, -0.05) is 6.07 Å². The fourth-order valence-electron chi connectivity index (χ4n) is 1.34. The third kappa shape index (κ3) is 3.25. The molecule has 17 heavy (non-hydrogen) atoms. The van der Waals surface area contributed by atoms with E-state index in [1.807, 2.05) is 6.92 Å². The minimum Gasteiger partial charge on any atom is -0.496 e. The number of carboxylic acid groups (broad SMARTS) is 1. The smallest absolute Gasteiger partial charge is 0.362 e. The Balaban J connectivity index is 3.16. The molecule has 0 aliphatic rings. The van der Waals surface area contributed by atoms with E-state index in [2.05, 4.69) is 10.0 Å². The normalized spacial score (nSPS) is 10.6. The lowest BCUT2D eigenvalue weighted by Crippen LogP contribution is -1.97. The van der Waals surface area contributed by atoms with Gasteiger partial charge in [0.25, 0.3) is 0 Å². The zero-order valence-corrected chi connectivity index (χ0v) is 9.47. The number of methoxy groups -OCH3 is 1. The van der Waals surface area contributed by atoms with Gasteiger partial charge in [-0.3, -0.25) is 0 Å². The second-order valence-corrected chi connectivity index (χ2v) is 3.26. The lowest BCUT2D eigenvalue weighted by Gasteiger charge is -2.04. The minimum absolute atomic E-state index is 0.287. The van der Waals surface area contributed by atoms with Gasteiger partial charge < -0.3 is 9.84 Å². The number of benzene rings is 1. The van der Waals surface area contributed by atoms with Crippen LogP contribution in [-0.2, 0) is 4.79 Å². The van der Waals surface area contributed by atoms with Crippen LogP contribution in [0.4, 0.5) is 0 Å². The molecule has 88 valence electrons. The van der Waals surface area contributed by atoms with Crippen LogP contribution in [0.15, 0.2) is 29.0 Å². The van der Waals surface area contributed by atoms with Crippen LogP contribution in [-0.4, -0.2) is 18.2 Å². The van der Waals surface area contributed by atoms with Gasteiger partial charge in [0.2, 0.25) is 10.6 Å². The van der Waals surface area contributed by atoms with Crippen molar-refractivity contribution in [1.82, 2.24) is 4.91 Å². The van der Waals surface area contributed by atoms with Crippen LogP contribution < -0.4 is 9.65 Å². The summed E-state index contributed by atoms with van der Waals surface area (Å²) in [7, 11) is 1.56. The molecule has 1 aromatic carbocycles. The van der Waals surface area contributed by atoms with Gasteiger partial charge in [0.05, 0.1) is 7.11 Å². The molecule has 0 aliphatic heterocycles. The largest absolute Gasteiger partial charge is 0.496 e. The number of carbonyl (C=O) groups is 1. The first-order valence-corrected chi connectivity index (χ1v) is 4.75. The molecule has 1 aromatic rings. The number of aliphatic carboxylic acids is 1. The lowest BCUT2D eigenvalue weighted by molar-refractivity contribution is -0.132. The highest BCUT2D eigenvalue weighted by atomic mass is 16.5. The van der Waals surface area contributed by atoms with Crippen molar-refractivity contribution in [2.24, 2.45) is 5.11 Å². The van der Waals surface area contributed by atoms with E-state index in [1.165, 1.54) is 6.08 Å². The van der Waals surface area contributed by atoms with Crippen LogP contribution >= 0.6 is 0 Å². The highest BCUT2D eigenvalue weighted by Crippen LogP contribution is 2.20. The maximum Gasteiger partial charge on any atom is 0.362 e. The van der Waals surface area contributed by atoms with E-state index in [0.717, 1.165) is 11.3 Å². The molecule has 0 saturated heterocycles. The summed E-state index contributed by atoms with van der Waals surface area (Å²) in [6, 6.07) is 5.20. The Morgan fingerprint density at radius 1 is 1.59 bits per heavy atom. The van der Waals surface area contributed by atoms with E-state index in [1.54, 1.807) is 25.3 Å². The number of rotatable bonds is 4. The van der Waals surface area contributed by atoms with E-state index < -0.39 is 5.97 Å². The van der Waals surface area contributed by atoms with E-state index >= 15 is 0 Å². The summed E-state index contributed by atoms with van der Waals surface area (Å²) in [5, 5.41) is 12.0. The Morgan fingerprint density at radius 3 is 2.76 bits per heavy atom. The molecule has 0 radical (unpaired) electrons. The van der Waals surface area contributed by atoms with Gasteiger partial charge in [-0.2, -0.15) is 0 Å². The predicted octanol–water partition coefficient (Wildman–Crippen LogP) is 1.98. The van der Waals surface area contributed by atoms with Crippen LogP contribution in [0.25, 0.3) is 6.08 Å². The Labute approximate surface area is 97.8 Å². The quantitative estimate of drug-likeness (QED) is 0.473. The summed E-state index contributed by atoms with van der Waals surface area (Å²) in [5.41, 5.74) is 7.79. The molecule has 6 heteroatoms. The van der Waals surface area contributed by atoms with Gasteiger partial charge in [-0.25, -0.2) is 4.79 Å². The van der Waals surface area contributed by atoms with Crippen LogP contribution in [0.5, 0.6) is 5.75 Å². The predicted molar refractivity (Wildman–Crippen MR) is 60.6 cm³/mol. The number of hydrogen-bond donors (Lipinski definition) is 2. The van der Waals surface area contributed by atoms with Crippen LogP contribution in [0, 0.1) is 12.5 Å². The van der Waals surface area contributed by atoms with Crippen molar-refractivity contribution >= 4 is 12.0 Å². The molecule has 6 nitrogen and oxygen atoms in total. The molecule has 0 fully saturated rings. The van der Waals surface area contributed by atoms with Crippen LogP contribution in [0.2, 0.25) is 0 Å². The number of nitrogens with zero attached hydrogens (tertiary/aromatic N) is 2. The van der Waals surface area contributed by atoms with Gasteiger partial charge in [0.15, 0.2) is 5.11 Å². The second-order valence-electron chi connectivity index (χ2n) is 3.26. The molecule has 0 aromatic heterocycles. The topological polar surface area (TPSA) is 96.8 Å². The highest BCUT2D eigenvalue weighted by molar-refractivity contribution is 5.91. The van der Waals surface area contributed by atoms with Crippen molar-refractivity contribution in [2.45, 2.75) is 6.92 Å². The molecular weight excluding hydrogens is 222 g/mol. The fraction of sp³-hybridized carbons (Fsp3) is 0.182. The van der Waals surface area contributed by atoms with Gasteiger partial charge in [0, 0.05) is 0 Å². The Bertz CT molecular complexity index is 513. The molecule has 0 bridgehead atoms. The first kappa shape index (κ1) is 12.6. The third-order valence-electron chi connectivity index (χ3n) is 2.10. The van der Waals surface area contributed by atoms with Gasteiger partial charge in [-0.05, 0) is 36.3 Å². The van der Waals surface area contributed by atoms with Crippen molar-refractivity contribution in [3.05, 3.63) is 35.0 Å². The average molecular weight is 234 g/mol. The van der Waals surface area contributed by atoms with Crippen molar-refractivity contribution in [3.8, 4) is 5.75 Å². The molecule has 0 spiro atoms. The molecular formula is C11H12N3O3+. The SMILES string of the molecule is COc1ccc(C=C(N=[N+]=N)C(=O)O)cc1C. The lowest BCUT2D eigenvalue weighted by atomic mass is 10.1. The van der Waals surface area contributed by atoms with Gasteiger partial charge in [0.1, 0.15) is 11.3 Å². The Morgan fingerprint density at radius 2 is 2.29 bits per heavy atom. The number of aryl methyl sites for hydroxylation is 1. The summed E-state index contributed by atoms with van der Waals surface area (Å²) < 4.78 is 5.09. The van der Waals surface area contributed by atoms with Gasteiger partial charge in [-0.15, -0.1) is 0 Å². The highest BCUT2D eigenvalue weighted by Gasteiger charge is 2.11. The molecule has 0 atom stereocenters. The van der Waals surface area contributed by atoms with Crippen LogP contribution in [0.1, 0.15) is 11.1 Å². The maximum atomic E-state index is 10.8. The van der Waals surface area contributed by atoms with Crippen molar-refractivity contribution in [2.75, 3.05) is 7.11 Å². The molecule has 0 aliphatic carbocycles. The Hall–Kier alpha value is -2.46. The maximum absolute atomic E-state index is 10.8. The summed E-state index contributed by atoms with van der Waals surface area (Å²) in [5.74, 6) is -0.504. The van der Waals surface area contributed by atoms with Crippen molar-refractivity contribution < 1.29 is 14.6 Å². The molecule has 2 N–H and O–H groups in total. The summed E-state index contributed by atoms with van der Waals surface area (Å²) in [6.07, 6.45) is 1.34. The van der Waals surface area contributed by atoms with Crippen molar-refractivity contribution in [3.63, 3.8) is 0 Å². The zero-order valence-electron chi connectivity index (χ0n) is 9.47. The van der Waals surface area contributed by atoms with E-state index in [4.69, 9.17) is 15.4 Å². The van der Waals surface area contributed by atoms with Gasteiger partial charge >= 0.3 is 5.97 Å². The molecule has 0 amide bonds. The second kappa shape index (κ2) is 5.58. The molecule has 0 saturated carbocycles. The van der Waals surface area contributed by atoms with Crippen molar-refractivity contribution in [1.29, 1.82) is 5.53 Å². The van der Waals surface area contributed by atoms with Crippen LogP contribution in [0.3, 0.4) is 0 Å². The minimum atomic E-state index is -1.23. The van der Waals surface area contributed by atoms with E-state index in [-0.39, 0.29) is 5.70 Å². The first-order valence-electron chi connectivity index (χ1n) is 4.75. The number of nitrogens with one attached hydrogen (secondary N) is 1. The Kier molecular flexibility index (Phi) is 4.14. The summed E-state index contributed by atoms with van der Waals surface area (Å²) in [4.78, 5) is 13.5. The summed E-state index contributed by atoms with van der Waals surface area (Å²) in [6.45, 7) is 1.85. The molecule has 0 unspecified atom stereocenters. The number of carboxylic acids is 1. The summed E-state index contributed by atoms with van der Waals surface area (Å²) >= 11 is 0. The average Bonchev–Trinajstić information content (AvgIpc) is 2.28. The monoisotopic (exact) mass is 234 g/mol. The standard InChI is InChI=1S/C11H11N3O3/c1-7-5-8(3-4-10(7)17-2)6-9(11(15)16)13-14-12/h3-6,12H,1-2H3/p+1. The first-order chi connectivity index (χ1) is 8.08. The number of ether oxygens (including phenoxy) is 1. The molecule has 0 heterocycles. The third-order valence-corrected chi connectivity index (χ3v) is 2.10.